The van der Waals surface area contributed by atoms with Gasteiger partial charge in [-0.05, 0) is 53.1 Å². The molecule has 0 amide bonds. The fourth-order valence-corrected chi connectivity index (χ4v) is 4.53. The topological polar surface area (TPSA) is 26.3 Å². The van der Waals surface area contributed by atoms with Crippen molar-refractivity contribution in [3.8, 4) is 0 Å². The van der Waals surface area contributed by atoms with Crippen molar-refractivity contribution in [2.45, 2.75) is 51.0 Å². The molecule has 1 saturated carbocycles. The summed E-state index contributed by atoms with van der Waals surface area (Å²) in [4.78, 5) is 11.7. The largest absolute Gasteiger partial charge is 0.462 e. The van der Waals surface area contributed by atoms with E-state index in [4.69, 9.17) is 4.74 Å². The van der Waals surface area contributed by atoms with Gasteiger partial charge in [-0.3, -0.25) is 4.79 Å². The Bertz CT molecular complexity index is 929. The van der Waals surface area contributed by atoms with Gasteiger partial charge >= 0.3 is 5.97 Å². The van der Waals surface area contributed by atoms with Crippen LogP contribution in [0.2, 0.25) is 0 Å². The third-order valence-electron chi connectivity index (χ3n) is 5.69. The molecule has 1 aliphatic carbocycles. The minimum absolute atomic E-state index is 0.0171. The van der Waals surface area contributed by atoms with Crippen molar-refractivity contribution in [3.63, 3.8) is 0 Å². The van der Waals surface area contributed by atoms with Gasteiger partial charge in [0.15, 0.2) is 0 Å². The van der Waals surface area contributed by atoms with E-state index in [-0.39, 0.29) is 18.0 Å². The van der Waals surface area contributed by atoms with Gasteiger partial charge in [-0.15, -0.1) is 0 Å². The molecule has 1 aliphatic rings. The Hall–Kier alpha value is -2.61. The fraction of sp³-hybridized carbons (Fsp3) is 0.320. The highest BCUT2D eigenvalue weighted by Gasteiger charge is 2.31. The van der Waals surface area contributed by atoms with Crippen LogP contribution in [0.3, 0.4) is 0 Å². The van der Waals surface area contributed by atoms with Gasteiger partial charge in [0, 0.05) is 12.8 Å². The zero-order valence-electron chi connectivity index (χ0n) is 15.9. The summed E-state index contributed by atoms with van der Waals surface area (Å²) in [5.41, 5.74) is 4.04. The highest BCUT2D eigenvalue weighted by atomic mass is 16.5. The second-order valence-corrected chi connectivity index (χ2v) is 7.56. The summed E-state index contributed by atoms with van der Waals surface area (Å²) < 4.78 is 5.77. The summed E-state index contributed by atoms with van der Waals surface area (Å²) >= 11 is 0. The van der Waals surface area contributed by atoms with Crippen molar-refractivity contribution in [1.82, 2.24) is 0 Å². The zero-order valence-corrected chi connectivity index (χ0v) is 15.9. The van der Waals surface area contributed by atoms with Crippen LogP contribution in [0, 0.1) is 0 Å². The Kier molecular flexibility index (Phi) is 5.24. The van der Waals surface area contributed by atoms with Crippen LogP contribution < -0.4 is 0 Å². The van der Waals surface area contributed by atoms with Crippen LogP contribution >= 0.6 is 0 Å². The van der Waals surface area contributed by atoms with Gasteiger partial charge in [-0.2, -0.15) is 0 Å². The van der Waals surface area contributed by atoms with Crippen LogP contribution in [0.25, 0.3) is 10.8 Å². The second kappa shape index (κ2) is 7.96. The molecule has 0 unspecified atom stereocenters. The monoisotopic (exact) mass is 358 g/mol. The molecule has 0 saturated heterocycles. The average Bonchev–Trinajstić information content (AvgIpc) is 2.69. The standard InChI is InChI=1S/C25H26O2/c1-18(26)27-24-14-8-7-13-23(24)25-21(17-19-9-3-2-4-10-19)16-15-20-11-5-6-12-22(20)25/h2-6,9-12,15-16,23-24H,7-8,13-14,17H2,1H3/t23-,24+/m1/s1. The van der Waals surface area contributed by atoms with Crippen LogP contribution in [-0.2, 0) is 16.0 Å². The first-order chi connectivity index (χ1) is 13.2. The molecular formula is C25H26O2. The lowest BCUT2D eigenvalue weighted by Crippen LogP contribution is -2.28. The van der Waals surface area contributed by atoms with E-state index < -0.39 is 0 Å². The molecular weight excluding hydrogens is 332 g/mol. The number of hydrogen-bond donors (Lipinski definition) is 0. The van der Waals surface area contributed by atoms with Crippen molar-refractivity contribution in [2.24, 2.45) is 0 Å². The highest BCUT2D eigenvalue weighted by Crippen LogP contribution is 2.40. The second-order valence-electron chi connectivity index (χ2n) is 7.56. The summed E-state index contributed by atoms with van der Waals surface area (Å²) in [5.74, 6) is 0.101. The molecule has 0 aromatic heterocycles. The number of esters is 1. The van der Waals surface area contributed by atoms with E-state index in [0.717, 1.165) is 25.7 Å². The number of carbonyl (C=O) groups excluding carboxylic acids is 1. The molecule has 0 spiro atoms. The van der Waals surface area contributed by atoms with Crippen molar-refractivity contribution >= 4 is 16.7 Å². The Morgan fingerprint density at radius 3 is 2.48 bits per heavy atom. The summed E-state index contributed by atoms with van der Waals surface area (Å²) in [6.45, 7) is 1.53. The lowest BCUT2D eigenvalue weighted by molar-refractivity contribution is -0.148. The first kappa shape index (κ1) is 17.8. The van der Waals surface area contributed by atoms with E-state index in [1.165, 1.54) is 40.8 Å². The maximum Gasteiger partial charge on any atom is 0.302 e. The van der Waals surface area contributed by atoms with Gasteiger partial charge in [-0.25, -0.2) is 0 Å². The van der Waals surface area contributed by atoms with E-state index in [0.29, 0.717) is 0 Å². The number of rotatable bonds is 4. The lowest BCUT2D eigenvalue weighted by Gasteiger charge is -2.33. The molecule has 0 radical (unpaired) electrons. The Labute approximate surface area is 161 Å². The summed E-state index contributed by atoms with van der Waals surface area (Å²) in [6, 6.07) is 23.7. The van der Waals surface area contributed by atoms with Gasteiger partial charge in [0.25, 0.3) is 0 Å². The van der Waals surface area contributed by atoms with E-state index >= 15 is 0 Å². The Morgan fingerprint density at radius 1 is 0.926 bits per heavy atom. The molecule has 27 heavy (non-hydrogen) atoms. The molecule has 2 atom stereocenters. The summed E-state index contributed by atoms with van der Waals surface area (Å²) in [5, 5.41) is 2.56. The maximum absolute atomic E-state index is 11.7. The van der Waals surface area contributed by atoms with Crippen LogP contribution in [-0.4, -0.2) is 12.1 Å². The van der Waals surface area contributed by atoms with E-state index in [9.17, 15) is 4.79 Å². The molecule has 2 nitrogen and oxygen atoms in total. The molecule has 2 heteroatoms. The molecule has 0 bridgehead atoms. The highest BCUT2D eigenvalue weighted by molar-refractivity contribution is 5.87. The minimum Gasteiger partial charge on any atom is -0.462 e. The molecule has 1 fully saturated rings. The number of hydrogen-bond acceptors (Lipinski definition) is 2. The molecule has 4 rings (SSSR count). The fourth-order valence-electron chi connectivity index (χ4n) is 4.53. The minimum atomic E-state index is -0.170. The molecule has 138 valence electrons. The van der Waals surface area contributed by atoms with Gasteiger partial charge < -0.3 is 4.74 Å². The average molecular weight is 358 g/mol. The number of ether oxygens (including phenoxy) is 1. The van der Waals surface area contributed by atoms with Crippen molar-refractivity contribution in [3.05, 3.63) is 83.4 Å². The Morgan fingerprint density at radius 2 is 1.67 bits per heavy atom. The number of benzene rings is 3. The van der Waals surface area contributed by atoms with Crippen LogP contribution in [0.5, 0.6) is 0 Å². The van der Waals surface area contributed by atoms with Crippen molar-refractivity contribution in [1.29, 1.82) is 0 Å². The summed E-state index contributed by atoms with van der Waals surface area (Å²) in [7, 11) is 0. The predicted octanol–water partition coefficient (Wildman–Crippen LogP) is 6.02. The van der Waals surface area contributed by atoms with Gasteiger partial charge in [0.1, 0.15) is 6.10 Å². The van der Waals surface area contributed by atoms with Crippen LogP contribution in [0.1, 0.15) is 55.2 Å². The SMILES string of the molecule is CC(=O)O[C@H]1CCCC[C@H]1c1c(Cc2ccccc2)ccc2ccccc12. The molecule has 3 aromatic carbocycles. The first-order valence-electron chi connectivity index (χ1n) is 9.94. The van der Waals surface area contributed by atoms with Gasteiger partial charge in [-0.1, -0.05) is 73.2 Å². The lowest BCUT2D eigenvalue weighted by atomic mass is 9.77. The van der Waals surface area contributed by atoms with Gasteiger partial charge in [0.2, 0.25) is 0 Å². The number of fused-ring (bicyclic) bond motifs is 1. The zero-order chi connectivity index (χ0) is 18.6. The van der Waals surface area contributed by atoms with Gasteiger partial charge in [0.05, 0.1) is 0 Å². The first-order valence-corrected chi connectivity index (χ1v) is 9.94. The third kappa shape index (κ3) is 3.90. The van der Waals surface area contributed by atoms with Crippen molar-refractivity contribution < 1.29 is 9.53 Å². The third-order valence-corrected chi connectivity index (χ3v) is 5.69. The Balaban J connectivity index is 1.82. The van der Waals surface area contributed by atoms with E-state index in [2.05, 4.69) is 66.7 Å². The molecule has 0 heterocycles. The molecule has 0 aliphatic heterocycles. The predicted molar refractivity (Wildman–Crippen MR) is 110 cm³/mol. The van der Waals surface area contributed by atoms with Crippen molar-refractivity contribution in [2.75, 3.05) is 0 Å². The van der Waals surface area contributed by atoms with E-state index in [1.807, 2.05) is 0 Å². The maximum atomic E-state index is 11.7. The molecule has 0 N–H and O–H groups in total. The molecule has 3 aromatic rings. The summed E-state index contributed by atoms with van der Waals surface area (Å²) in [6.07, 6.45) is 5.25. The normalized spacial score (nSPS) is 19.7. The smallest absolute Gasteiger partial charge is 0.302 e. The van der Waals surface area contributed by atoms with E-state index in [1.54, 1.807) is 0 Å². The quantitative estimate of drug-likeness (QED) is 0.533. The van der Waals surface area contributed by atoms with Crippen LogP contribution in [0.15, 0.2) is 66.7 Å². The van der Waals surface area contributed by atoms with Crippen LogP contribution in [0.4, 0.5) is 0 Å². The number of carbonyl (C=O) groups is 1.